The van der Waals surface area contributed by atoms with Gasteiger partial charge in [0.05, 0.1) is 5.39 Å². The second kappa shape index (κ2) is 12.5. The SMILES string of the molecule is CC(=O)NCCN(c1cccc(CCC(=O)N2CCN(Cc3ccccc3)CC2)c1)c1ncnc2[nH]ccc12. The maximum absolute atomic E-state index is 13.0. The molecule has 9 nitrogen and oxygen atoms in total. The highest BCUT2D eigenvalue weighted by molar-refractivity contribution is 5.89. The van der Waals surface area contributed by atoms with Crippen LogP contribution in [0, 0.1) is 0 Å². The predicted octanol–water partition coefficient (Wildman–Crippen LogP) is 3.51. The molecule has 0 spiro atoms. The molecule has 9 heteroatoms. The number of hydrogen-bond donors (Lipinski definition) is 2. The molecule has 0 saturated carbocycles. The Labute approximate surface area is 228 Å². The van der Waals surface area contributed by atoms with E-state index in [-0.39, 0.29) is 11.8 Å². The first kappa shape index (κ1) is 26.4. The summed E-state index contributed by atoms with van der Waals surface area (Å²) in [6.07, 6.45) is 4.53. The third-order valence-electron chi connectivity index (χ3n) is 7.12. The van der Waals surface area contributed by atoms with Crippen LogP contribution in [0.3, 0.4) is 0 Å². The van der Waals surface area contributed by atoms with Crippen molar-refractivity contribution in [2.45, 2.75) is 26.3 Å². The zero-order valence-electron chi connectivity index (χ0n) is 22.3. The van der Waals surface area contributed by atoms with Crippen molar-refractivity contribution in [1.29, 1.82) is 0 Å². The van der Waals surface area contributed by atoms with Crippen molar-refractivity contribution in [1.82, 2.24) is 30.1 Å². The summed E-state index contributed by atoms with van der Waals surface area (Å²) in [5, 5.41) is 3.79. The van der Waals surface area contributed by atoms with Gasteiger partial charge in [-0.1, -0.05) is 42.5 Å². The van der Waals surface area contributed by atoms with Crippen molar-refractivity contribution in [2.75, 3.05) is 44.2 Å². The summed E-state index contributed by atoms with van der Waals surface area (Å²) in [7, 11) is 0. The Morgan fingerprint density at radius 1 is 0.974 bits per heavy atom. The highest BCUT2D eigenvalue weighted by Crippen LogP contribution is 2.29. The van der Waals surface area contributed by atoms with E-state index in [0.29, 0.717) is 25.9 Å². The van der Waals surface area contributed by atoms with Gasteiger partial charge < -0.3 is 20.1 Å². The number of aromatic nitrogens is 3. The minimum atomic E-state index is -0.0717. The molecule has 202 valence electrons. The molecular weight excluding hydrogens is 490 g/mol. The number of amides is 2. The summed E-state index contributed by atoms with van der Waals surface area (Å²) in [5.41, 5.74) is 4.12. The lowest BCUT2D eigenvalue weighted by Crippen LogP contribution is -2.48. The van der Waals surface area contributed by atoms with E-state index in [2.05, 4.69) is 66.5 Å². The third-order valence-corrected chi connectivity index (χ3v) is 7.12. The van der Waals surface area contributed by atoms with Crippen LogP contribution in [0.2, 0.25) is 0 Å². The van der Waals surface area contributed by atoms with Gasteiger partial charge >= 0.3 is 0 Å². The summed E-state index contributed by atoms with van der Waals surface area (Å²) < 4.78 is 0. The fourth-order valence-electron chi connectivity index (χ4n) is 5.06. The van der Waals surface area contributed by atoms with E-state index in [1.165, 1.54) is 12.5 Å². The Bertz CT molecular complexity index is 1400. The smallest absolute Gasteiger partial charge is 0.222 e. The van der Waals surface area contributed by atoms with Crippen LogP contribution in [0.15, 0.2) is 73.2 Å². The Hall–Kier alpha value is -4.24. The van der Waals surface area contributed by atoms with Gasteiger partial charge in [0.25, 0.3) is 0 Å². The monoisotopic (exact) mass is 525 g/mol. The number of benzene rings is 2. The fourth-order valence-corrected chi connectivity index (χ4v) is 5.06. The van der Waals surface area contributed by atoms with Gasteiger partial charge in [0.2, 0.25) is 11.8 Å². The number of carbonyl (C=O) groups is 2. The van der Waals surface area contributed by atoms with Crippen molar-refractivity contribution in [3.63, 3.8) is 0 Å². The minimum Gasteiger partial charge on any atom is -0.355 e. The van der Waals surface area contributed by atoms with Crippen molar-refractivity contribution < 1.29 is 9.59 Å². The molecule has 0 bridgehead atoms. The summed E-state index contributed by atoms with van der Waals surface area (Å²) in [6, 6.07) is 20.7. The van der Waals surface area contributed by atoms with Gasteiger partial charge in [-0.05, 0) is 35.7 Å². The summed E-state index contributed by atoms with van der Waals surface area (Å²) in [4.78, 5) is 43.1. The molecule has 3 heterocycles. The number of anilines is 2. The molecule has 2 N–H and O–H groups in total. The third kappa shape index (κ3) is 6.80. The lowest BCUT2D eigenvalue weighted by molar-refractivity contribution is -0.133. The molecule has 2 amide bonds. The summed E-state index contributed by atoms with van der Waals surface area (Å²) >= 11 is 0. The molecule has 1 saturated heterocycles. The highest BCUT2D eigenvalue weighted by atomic mass is 16.2. The lowest BCUT2D eigenvalue weighted by atomic mass is 10.1. The average molecular weight is 526 g/mol. The Morgan fingerprint density at radius 2 is 1.77 bits per heavy atom. The van der Waals surface area contributed by atoms with Crippen molar-refractivity contribution in [3.8, 4) is 0 Å². The molecular formula is C30H35N7O2. The molecule has 39 heavy (non-hydrogen) atoms. The molecule has 0 atom stereocenters. The first-order valence-corrected chi connectivity index (χ1v) is 13.5. The van der Waals surface area contributed by atoms with Crippen LogP contribution in [0.4, 0.5) is 11.5 Å². The summed E-state index contributed by atoms with van der Waals surface area (Å²) in [6.45, 7) is 6.79. The van der Waals surface area contributed by atoms with Gasteiger partial charge in [-0.25, -0.2) is 9.97 Å². The molecule has 5 rings (SSSR count). The van der Waals surface area contributed by atoms with Gasteiger partial charge in [-0.2, -0.15) is 0 Å². The number of nitrogens with one attached hydrogen (secondary N) is 2. The summed E-state index contributed by atoms with van der Waals surface area (Å²) in [5.74, 6) is 0.901. The number of fused-ring (bicyclic) bond motifs is 1. The van der Waals surface area contributed by atoms with Crippen LogP contribution in [0.5, 0.6) is 0 Å². The largest absolute Gasteiger partial charge is 0.355 e. The van der Waals surface area contributed by atoms with E-state index in [1.807, 2.05) is 35.4 Å². The topological polar surface area (TPSA) is 97.5 Å². The highest BCUT2D eigenvalue weighted by Gasteiger charge is 2.21. The number of nitrogens with zero attached hydrogens (tertiary/aromatic N) is 5. The second-order valence-electron chi connectivity index (χ2n) is 9.88. The van der Waals surface area contributed by atoms with E-state index < -0.39 is 0 Å². The number of H-pyrrole nitrogens is 1. The van der Waals surface area contributed by atoms with E-state index >= 15 is 0 Å². The van der Waals surface area contributed by atoms with E-state index in [4.69, 9.17) is 0 Å². The van der Waals surface area contributed by atoms with E-state index in [1.54, 1.807) is 6.33 Å². The first-order valence-electron chi connectivity index (χ1n) is 13.5. The molecule has 1 aliphatic heterocycles. The molecule has 1 fully saturated rings. The van der Waals surface area contributed by atoms with Crippen molar-refractivity contribution in [3.05, 3.63) is 84.3 Å². The van der Waals surface area contributed by atoms with Crippen LogP contribution in [0.25, 0.3) is 11.0 Å². The molecule has 1 aliphatic rings. The van der Waals surface area contributed by atoms with Crippen LogP contribution >= 0.6 is 0 Å². The normalized spacial score (nSPS) is 13.9. The van der Waals surface area contributed by atoms with Crippen molar-refractivity contribution in [2.24, 2.45) is 0 Å². The quantitative estimate of drug-likeness (QED) is 0.329. The zero-order chi connectivity index (χ0) is 27.0. The van der Waals surface area contributed by atoms with Crippen LogP contribution < -0.4 is 10.2 Å². The maximum atomic E-state index is 13.0. The molecule has 2 aromatic heterocycles. The van der Waals surface area contributed by atoms with Gasteiger partial charge in [0.1, 0.15) is 17.8 Å². The van der Waals surface area contributed by atoms with Gasteiger partial charge in [0, 0.05) is 71.0 Å². The van der Waals surface area contributed by atoms with Crippen LogP contribution in [0.1, 0.15) is 24.5 Å². The predicted molar refractivity (Wildman–Crippen MR) is 153 cm³/mol. The average Bonchev–Trinajstić information content (AvgIpc) is 3.45. The molecule has 0 aliphatic carbocycles. The molecule has 0 unspecified atom stereocenters. The fraction of sp³-hybridized carbons (Fsp3) is 0.333. The number of aryl methyl sites for hydroxylation is 1. The van der Waals surface area contributed by atoms with Crippen molar-refractivity contribution >= 4 is 34.4 Å². The zero-order valence-corrected chi connectivity index (χ0v) is 22.3. The Balaban J connectivity index is 1.21. The molecule has 4 aromatic rings. The number of rotatable bonds is 10. The minimum absolute atomic E-state index is 0.0717. The maximum Gasteiger partial charge on any atom is 0.222 e. The number of hydrogen-bond acceptors (Lipinski definition) is 6. The first-order chi connectivity index (χ1) is 19.1. The standard InChI is InChI=1S/C30H35N7O2/c1-23(38)31-14-15-37(30-27-12-13-32-29(27)33-22-34-30)26-9-5-8-24(20-26)10-11-28(39)36-18-16-35(17-19-36)21-25-6-3-2-4-7-25/h2-9,12-13,20,22H,10-11,14-19,21H2,1H3,(H,31,38)(H,32,33,34). The number of piperazine rings is 1. The molecule has 2 aromatic carbocycles. The Morgan fingerprint density at radius 3 is 2.56 bits per heavy atom. The van der Waals surface area contributed by atoms with Gasteiger partial charge in [-0.15, -0.1) is 0 Å². The van der Waals surface area contributed by atoms with Gasteiger partial charge in [-0.3, -0.25) is 14.5 Å². The van der Waals surface area contributed by atoms with Crippen LogP contribution in [-0.4, -0.2) is 75.8 Å². The second-order valence-corrected chi connectivity index (χ2v) is 9.88. The Kier molecular flexibility index (Phi) is 8.48. The number of carbonyl (C=O) groups excluding carboxylic acids is 2. The van der Waals surface area contributed by atoms with Gasteiger partial charge in [0.15, 0.2) is 0 Å². The molecule has 0 radical (unpaired) electrons. The lowest BCUT2D eigenvalue weighted by Gasteiger charge is -2.35. The van der Waals surface area contributed by atoms with E-state index in [9.17, 15) is 9.59 Å². The van der Waals surface area contributed by atoms with E-state index in [0.717, 1.165) is 60.8 Å². The number of aromatic amines is 1. The van der Waals surface area contributed by atoms with Crippen LogP contribution in [-0.2, 0) is 22.6 Å².